The first-order valence-electron chi connectivity index (χ1n) is 8.42. The third-order valence-electron chi connectivity index (χ3n) is 4.60. The van der Waals surface area contributed by atoms with Crippen LogP contribution in [0.5, 0.6) is 0 Å². The smallest absolute Gasteiger partial charge is 0.253 e. The van der Waals surface area contributed by atoms with Gasteiger partial charge in [0.2, 0.25) is 0 Å². The predicted octanol–water partition coefficient (Wildman–Crippen LogP) is 2.84. The number of carbonyl (C=O) groups excluding carboxylic acids is 1. The Labute approximate surface area is 147 Å². The van der Waals surface area contributed by atoms with Crippen molar-refractivity contribution < 1.29 is 14.3 Å². The molecule has 0 radical (unpaired) electrons. The monoisotopic (exact) mass is 342 g/mol. The Morgan fingerprint density at radius 2 is 1.96 bits per heavy atom. The number of hydrogen-bond acceptors (Lipinski definition) is 3. The van der Waals surface area contributed by atoms with Gasteiger partial charge in [-0.3, -0.25) is 9.69 Å². The fourth-order valence-corrected chi connectivity index (χ4v) is 3.38. The van der Waals surface area contributed by atoms with E-state index in [1.807, 2.05) is 24.3 Å². The Kier molecular flexibility index (Phi) is 5.16. The zero-order chi connectivity index (χ0) is 18.0. The van der Waals surface area contributed by atoms with Gasteiger partial charge >= 0.3 is 0 Å². The summed E-state index contributed by atoms with van der Waals surface area (Å²) in [6.07, 6.45) is 0.226. The molecule has 2 aromatic rings. The van der Waals surface area contributed by atoms with E-state index >= 15 is 0 Å². The minimum atomic E-state index is -0.401. The fourth-order valence-electron chi connectivity index (χ4n) is 3.38. The number of halogens is 1. The van der Waals surface area contributed by atoms with Crippen molar-refractivity contribution in [3.63, 3.8) is 0 Å². The van der Waals surface area contributed by atoms with Gasteiger partial charge in [0, 0.05) is 38.8 Å². The van der Waals surface area contributed by atoms with Gasteiger partial charge in [-0.25, -0.2) is 4.39 Å². The summed E-state index contributed by atoms with van der Waals surface area (Å²) in [6, 6.07) is 14.1. The van der Waals surface area contributed by atoms with Gasteiger partial charge in [0.1, 0.15) is 5.82 Å². The van der Waals surface area contributed by atoms with E-state index in [1.54, 1.807) is 31.1 Å². The van der Waals surface area contributed by atoms with Crippen molar-refractivity contribution in [2.24, 2.45) is 0 Å². The molecule has 3 rings (SSSR count). The number of rotatable bonds is 4. The lowest BCUT2D eigenvalue weighted by atomic mass is 10.0. The molecule has 4 nitrogen and oxygen atoms in total. The van der Waals surface area contributed by atoms with Crippen molar-refractivity contribution in [1.82, 2.24) is 9.80 Å². The van der Waals surface area contributed by atoms with Crippen molar-refractivity contribution in [3.8, 4) is 0 Å². The lowest BCUT2D eigenvalue weighted by Gasteiger charge is -2.25. The molecule has 25 heavy (non-hydrogen) atoms. The van der Waals surface area contributed by atoms with E-state index in [9.17, 15) is 14.3 Å². The molecule has 1 amide bonds. The predicted molar refractivity (Wildman–Crippen MR) is 94.6 cm³/mol. The molecule has 1 fully saturated rings. The third kappa shape index (κ3) is 4.06. The number of aliphatic hydroxyl groups excluding tert-OH is 1. The maximum Gasteiger partial charge on any atom is 0.253 e. The van der Waals surface area contributed by atoms with Crippen molar-refractivity contribution >= 4 is 5.91 Å². The number of β-amino-alcohol motifs (C(OH)–C–C–N with tert-alkyl or cyclic N) is 1. The molecule has 1 saturated heterocycles. The number of aliphatic hydroxyl groups is 1. The summed E-state index contributed by atoms with van der Waals surface area (Å²) in [5.74, 6) is -0.290. The molecule has 1 aliphatic heterocycles. The molecule has 1 aliphatic rings. The highest BCUT2D eigenvalue weighted by Gasteiger charge is 2.32. The first-order valence-corrected chi connectivity index (χ1v) is 8.42. The number of amides is 1. The number of nitrogens with zero attached hydrogens (tertiary/aromatic N) is 2. The van der Waals surface area contributed by atoms with Crippen molar-refractivity contribution in [2.75, 3.05) is 20.6 Å². The molecule has 1 N–H and O–H groups in total. The average molecular weight is 342 g/mol. The lowest BCUT2D eigenvalue weighted by molar-refractivity contribution is 0.0827. The van der Waals surface area contributed by atoms with Crippen LogP contribution in [0.1, 0.15) is 33.9 Å². The molecule has 132 valence electrons. The quantitative estimate of drug-likeness (QED) is 0.929. The molecule has 1 heterocycles. The fraction of sp³-hybridized carbons (Fsp3) is 0.350. The molecule has 0 aliphatic carbocycles. The van der Waals surface area contributed by atoms with Crippen LogP contribution >= 0.6 is 0 Å². The molecule has 0 saturated carbocycles. The normalized spacial score (nSPS) is 20.6. The van der Waals surface area contributed by atoms with Crippen molar-refractivity contribution in [2.45, 2.75) is 25.1 Å². The molecule has 0 aromatic heterocycles. The highest BCUT2D eigenvalue weighted by atomic mass is 19.1. The molecular formula is C20H23FN2O2. The average Bonchev–Trinajstić information content (AvgIpc) is 2.95. The molecular weight excluding hydrogens is 319 g/mol. The summed E-state index contributed by atoms with van der Waals surface area (Å²) in [5.41, 5.74) is 2.67. The Morgan fingerprint density at radius 1 is 1.24 bits per heavy atom. The maximum atomic E-state index is 13.2. The standard InChI is InChI=1S/C20H23FN2O2/c1-22(2)20(25)16-5-3-4-14(10-16)12-23-13-18(24)11-19(23)15-6-8-17(21)9-7-15/h3-10,18-19,24H,11-13H2,1-2H3/t18-,19+/m1/s1. The van der Waals surface area contributed by atoms with Gasteiger partial charge in [-0.2, -0.15) is 0 Å². The SMILES string of the molecule is CN(C)C(=O)c1cccc(CN2C[C@H](O)C[C@H]2c2ccc(F)cc2)c1. The van der Waals surface area contributed by atoms with Crippen LogP contribution in [-0.4, -0.2) is 47.6 Å². The van der Waals surface area contributed by atoms with Gasteiger partial charge in [0.25, 0.3) is 5.91 Å². The highest BCUT2D eigenvalue weighted by molar-refractivity contribution is 5.94. The molecule has 0 bridgehead atoms. The minimum Gasteiger partial charge on any atom is -0.392 e. The Hall–Kier alpha value is -2.24. The summed E-state index contributed by atoms with van der Waals surface area (Å²) in [6.45, 7) is 1.20. The summed E-state index contributed by atoms with van der Waals surface area (Å²) < 4.78 is 13.2. The van der Waals surface area contributed by atoms with Gasteiger partial charge in [-0.15, -0.1) is 0 Å². The maximum absolute atomic E-state index is 13.2. The van der Waals surface area contributed by atoms with Gasteiger partial charge in [-0.1, -0.05) is 24.3 Å². The van der Waals surface area contributed by atoms with Crippen LogP contribution in [0.4, 0.5) is 4.39 Å². The largest absolute Gasteiger partial charge is 0.392 e. The number of likely N-dealkylation sites (tertiary alicyclic amines) is 1. The van der Waals surface area contributed by atoms with E-state index < -0.39 is 6.10 Å². The van der Waals surface area contributed by atoms with E-state index in [0.717, 1.165) is 11.1 Å². The van der Waals surface area contributed by atoms with Crippen LogP contribution in [0.15, 0.2) is 48.5 Å². The second-order valence-electron chi connectivity index (χ2n) is 6.79. The van der Waals surface area contributed by atoms with Crippen LogP contribution in [0.25, 0.3) is 0 Å². The Balaban J connectivity index is 1.80. The summed E-state index contributed by atoms with van der Waals surface area (Å²) in [7, 11) is 3.47. The first kappa shape index (κ1) is 17.6. The first-order chi connectivity index (χ1) is 11.9. The second-order valence-corrected chi connectivity index (χ2v) is 6.79. The van der Waals surface area contributed by atoms with Gasteiger partial charge in [-0.05, 0) is 41.8 Å². The molecule has 2 atom stereocenters. The zero-order valence-corrected chi connectivity index (χ0v) is 14.5. The molecule has 5 heteroatoms. The van der Waals surface area contributed by atoms with Crippen LogP contribution < -0.4 is 0 Å². The van der Waals surface area contributed by atoms with Crippen LogP contribution in [-0.2, 0) is 6.54 Å². The molecule has 0 unspecified atom stereocenters. The van der Waals surface area contributed by atoms with E-state index in [2.05, 4.69) is 4.90 Å². The van der Waals surface area contributed by atoms with E-state index in [0.29, 0.717) is 25.1 Å². The van der Waals surface area contributed by atoms with Crippen LogP contribution in [0, 0.1) is 5.82 Å². The van der Waals surface area contributed by atoms with Crippen LogP contribution in [0.3, 0.4) is 0 Å². The van der Waals surface area contributed by atoms with Gasteiger partial charge in [0.15, 0.2) is 0 Å². The number of carbonyl (C=O) groups is 1. The van der Waals surface area contributed by atoms with Crippen molar-refractivity contribution in [1.29, 1.82) is 0 Å². The van der Waals surface area contributed by atoms with Gasteiger partial charge in [0.05, 0.1) is 6.10 Å². The zero-order valence-electron chi connectivity index (χ0n) is 14.5. The third-order valence-corrected chi connectivity index (χ3v) is 4.60. The van der Waals surface area contributed by atoms with Crippen molar-refractivity contribution in [3.05, 3.63) is 71.0 Å². The summed E-state index contributed by atoms with van der Waals surface area (Å²) in [5, 5.41) is 10.1. The van der Waals surface area contributed by atoms with E-state index in [4.69, 9.17) is 0 Å². The van der Waals surface area contributed by atoms with Crippen LogP contribution in [0.2, 0.25) is 0 Å². The molecule has 2 aromatic carbocycles. The lowest BCUT2D eigenvalue weighted by Crippen LogP contribution is -2.25. The summed E-state index contributed by atoms with van der Waals surface area (Å²) in [4.78, 5) is 15.9. The van der Waals surface area contributed by atoms with Gasteiger partial charge < -0.3 is 10.0 Å². The topological polar surface area (TPSA) is 43.8 Å². The van der Waals surface area contributed by atoms with E-state index in [-0.39, 0.29) is 17.8 Å². The Morgan fingerprint density at radius 3 is 2.64 bits per heavy atom. The molecule has 0 spiro atoms. The Bertz CT molecular complexity index is 746. The van der Waals surface area contributed by atoms with E-state index in [1.165, 1.54) is 12.1 Å². The summed E-state index contributed by atoms with van der Waals surface area (Å²) >= 11 is 0. The number of hydrogen-bond donors (Lipinski definition) is 1. The minimum absolute atomic E-state index is 0.0293. The highest BCUT2D eigenvalue weighted by Crippen LogP contribution is 2.33. The second kappa shape index (κ2) is 7.33. The number of benzene rings is 2.